The highest BCUT2D eigenvalue weighted by Crippen LogP contribution is 1.97. The lowest BCUT2D eigenvalue weighted by atomic mass is 10.3. The molecule has 1 atom stereocenters. The summed E-state index contributed by atoms with van der Waals surface area (Å²) < 4.78 is 10.1. The Labute approximate surface area is 74.0 Å². The summed E-state index contributed by atoms with van der Waals surface area (Å²) in [6.07, 6.45) is 1.11. The summed E-state index contributed by atoms with van der Waals surface area (Å²) in [4.78, 5) is 10.6. The number of ether oxygens (including phenoxy) is 2. The van der Waals surface area contributed by atoms with Crippen molar-refractivity contribution in [3.8, 4) is 0 Å². The summed E-state index contributed by atoms with van der Waals surface area (Å²) in [6.45, 7) is 8.44. The van der Waals surface area contributed by atoms with Crippen molar-refractivity contribution in [3.05, 3.63) is 6.92 Å². The highest BCUT2D eigenvalue weighted by Gasteiger charge is 2.02. The molecule has 3 nitrogen and oxygen atoms in total. The minimum atomic E-state index is -0.251. The molecule has 0 amide bonds. The second kappa shape index (κ2) is 7.10. The lowest BCUT2D eigenvalue weighted by molar-refractivity contribution is -0.143. The van der Waals surface area contributed by atoms with Crippen LogP contribution in [0.25, 0.3) is 0 Å². The fraction of sp³-hybridized carbons (Fsp3) is 0.778. The molecular formula is C9H17O3. The van der Waals surface area contributed by atoms with E-state index in [2.05, 4.69) is 6.92 Å². The van der Waals surface area contributed by atoms with Crippen LogP contribution in [0.4, 0.5) is 0 Å². The highest BCUT2D eigenvalue weighted by atomic mass is 16.5. The Balaban J connectivity index is 3.24. The summed E-state index contributed by atoms with van der Waals surface area (Å²) in [6, 6.07) is 0. The van der Waals surface area contributed by atoms with Gasteiger partial charge in [0.25, 0.3) is 0 Å². The molecular weight excluding hydrogens is 156 g/mol. The van der Waals surface area contributed by atoms with Gasteiger partial charge in [0, 0.05) is 19.4 Å². The van der Waals surface area contributed by atoms with Crippen LogP contribution in [0.2, 0.25) is 0 Å². The van der Waals surface area contributed by atoms with E-state index in [4.69, 9.17) is 9.47 Å². The Bertz CT molecular complexity index is 123. The molecule has 0 aromatic carbocycles. The molecule has 0 aromatic rings. The summed E-state index contributed by atoms with van der Waals surface area (Å²) >= 11 is 0. The molecule has 0 spiro atoms. The van der Waals surface area contributed by atoms with E-state index in [0.29, 0.717) is 13.2 Å². The van der Waals surface area contributed by atoms with Gasteiger partial charge in [0.1, 0.15) is 0 Å². The van der Waals surface area contributed by atoms with Crippen LogP contribution in [0, 0.1) is 6.92 Å². The van der Waals surface area contributed by atoms with Gasteiger partial charge in [-0.05, 0) is 20.8 Å². The van der Waals surface area contributed by atoms with Crippen molar-refractivity contribution in [2.45, 2.75) is 32.8 Å². The largest absolute Gasteiger partial charge is 0.466 e. The molecule has 0 aliphatic carbocycles. The Kier molecular flexibility index (Phi) is 6.76. The van der Waals surface area contributed by atoms with E-state index in [-0.39, 0.29) is 18.5 Å². The van der Waals surface area contributed by atoms with Gasteiger partial charge in [0.05, 0.1) is 12.7 Å². The van der Waals surface area contributed by atoms with Crippen LogP contribution >= 0.6 is 0 Å². The first-order valence-corrected chi connectivity index (χ1v) is 4.27. The van der Waals surface area contributed by atoms with Crippen LogP contribution in [-0.2, 0) is 14.3 Å². The van der Waals surface area contributed by atoms with E-state index in [1.54, 1.807) is 0 Å². The molecule has 0 rings (SSSR count). The van der Waals surface area contributed by atoms with E-state index >= 15 is 0 Å². The number of esters is 1. The molecule has 71 valence electrons. The van der Waals surface area contributed by atoms with Gasteiger partial charge in [0.2, 0.25) is 0 Å². The Morgan fingerprint density at radius 2 is 2.25 bits per heavy atom. The first kappa shape index (κ1) is 11.4. The molecule has 0 aromatic heterocycles. The minimum Gasteiger partial charge on any atom is -0.466 e. The lowest BCUT2D eigenvalue weighted by Gasteiger charge is -2.10. The summed E-state index contributed by atoms with van der Waals surface area (Å²) in [5, 5.41) is 0. The van der Waals surface area contributed by atoms with E-state index < -0.39 is 0 Å². The van der Waals surface area contributed by atoms with Crippen molar-refractivity contribution in [2.24, 2.45) is 0 Å². The molecule has 0 aliphatic rings. The molecule has 1 unspecified atom stereocenters. The standard InChI is InChI=1S/C9H17O3/c1-4-9(10)12-7-6-8(3)11-5-2/h8H,1,4-7H2,2-3H3. The number of rotatable bonds is 6. The van der Waals surface area contributed by atoms with E-state index in [1.165, 1.54) is 0 Å². The van der Waals surface area contributed by atoms with Crippen molar-refractivity contribution in [2.75, 3.05) is 13.2 Å². The van der Waals surface area contributed by atoms with Crippen molar-refractivity contribution in [1.29, 1.82) is 0 Å². The molecule has 12 heavy (non-hydrogen) atoms. The molecule has 0 saturated heterocycles. The monoisotopic (exact) mass is 173 g/mol. The Morgan fingerprint density at radius 3 is 2.75 bits per heavy atom. The number of carbonyl (C=O) groups is 1. The van der Waals surface area contributed by atoms with Gasteiger partial charge < -0.3 is 9.47 Å². The van der Waals surface area contributed by atoms with E-state index in [1.807, 2.05) is 13.8 Å². The van der Waals surface area contributed by atoms with Gasteiger partial charge in [-0.2, -0.15) is 0 Å². The Morgan fingerprint density at radius 1 is 1.58 bits per heavy atom. The van der Waals surface area contributed by atoms with Crippen LogP contribution in [0.3, 0.4) is 0 Å². The van der Waals surface area contributed by atoms with E-state index in [9.17, 15) is 4.79 Å². The maximum absolute atomic E-state index is 10.6. The van der Waals surface area contributed by atoms with Gasteiger partial charge >= 0.3 is 5.97 Å². The fourth-order valence-corrected chi connectivity index (χ4v) is 0.779. The smallest absolute Gasteiger partial charge is 0.305 e. The maximum Gasteiger partial charge on any atom is 0.305 e. The zero-order valence-corrected chi connectivity index (χ0v) is 7.84. The van der Waals surface area contributed by atoms with Gasteiger partial charge in [-0.15, -0.1) is 0 Å². The zero-order chi connectivity index (χ0) is 9.40. The fourth-order valence-electron chi connectivity index (χ4n) is 0.779. The third-order valence-electron chi connectivity index (χ3n) is 1.44. The summed E-state index contributed by atoms with van der Waals surface area (Å²) in [5.74, 6) is -0.251. The topological polar surface area (TPSA) is 35.5 Å². The Hall–Kier alpha value is -0.570. The predicted octanol–water partition coefficient (Wildman–Crippen LogP) is 1.57. The number of carbonyl (C=O) groups excluding carboxylic acids is 1. The normalized spacial score (nSPS) is 12.6. The molecule has 0 heterocycles. The molecule has 0 aliphatic heterocycles. The predicted molar refractivity (Wildman–Crippen MR) is 46.6 cm³/mol. The van der Waals surface area contributed by atoms with Crippen LogP contribution in [0.15, 0.2) is 0 Å². The third-order valence-corrected chi connectivity index (χ3v) is 1.44. The van der Waals surface area contributed by atoms with Gasteiger partial charge in [-0.25, -0.2) is 0 Å². The van der Waals surface area contributed by atoms with Crippen molar-refractivity contribution >= 4 is 5.97 Å². The molecule has 0 N–H and O–H groups in total. The van der Waals surface area contributed by atoms with Crippen LogP contribution in [-0.4, -0.2) is 25.3 Å². The van der Waals surface area contributed by atoms with Crippen LogP contribution in [0.1, 0.15) is 26.7 Å². The van der Waals surface area contributed by atoms with Crippen molar-refractivity contribution < 1.29 is 14.3 Å². The second-order valence-electron chi connectivity index (χ2n) is 2.53. The molecule has 0 saturated carbocycles. The second-order valence-corrected chi connectivity index (χ2v) is 2.53. The van der Waals surface area contributed by atoms with Crippen molar-refractivity contribution in [3.63, 3.8) is 0 Å². The zero-order valence-electron chi connectivity index (χ0n) is 7.84. The lowest BCUT2D eigenvalue weighted by Crippen LogP contribution is -2.13. The first-order chi connectivity index (χ1) is 5.70. The summed E-state index contributed by atoms with van der Waals surface area (Å²) in [5.41, 5.74) is 0. The average molecular weight is 173 g/mol. The number of hydrogen-bond donors (Lipinski definition) is 0. The quantitative estimate of drug-likeness (QED) is 0.572. The first-order valence-electron chi connectivity index (χ1n) is 4.27. The SMILES string of the molecule is [CH2]CC(=O)OCCC(C)OCC. The highest BCUT2D eigenvalue weighted by molar-refractivity contribution is 5.69. The summed E-state index contributed by atoms with van der Waals surface area (Å²) in [7, 11) is 0. The van der Waals surface area contributed by atoms with Gasteiger partial charge in [-0.3, -0.25) is 4.79 Å². The molecule has 3 heteroatoms. The average Bonchev–Trinajstić information content (AvgIpc) is 2.04. The third kappa shape index (κ3) is 6.16. The molecule has 1 radical (unpaired) electrons. The maximum atomic E-state index is 10.6. The van der Waals surface area contributed by atoms with Gasteiger partial charge in [0.15, 0.2) is 0 Å². The van der Waals surface area contributed by atoms with Gasteiger partial charge in [-0.1, -0.05) is 0 Å². The molecule has 0 bridgehead atoms. The van der Waals surface area contributed by atoms with Crippen molar-refractivity contribution in [1.82, 2.24) is 0 Å². The number of hydrogen-bond acceptors (Lipinski definition) is 3. The van der Waals surface area contributed by atoms with Crippen LogP contribution < -0.4 is 0 Å². The molecule has 0 fully saturated rings. The van der Waals surface area contributed by atoms with Crippen LogP contribution in [0.5, 0.6) is 0 Å². The van der Waals surface area contributed by atoms with E-state index in [0.717, 1.165) is 6.42 Å². The minimum absolute atomic E-state index is 0.160.